The summed E-state index contributed by atoms with van der Waals surface area (Å²) in [6.45, 7) is 6.67. The van der Waals surface area contributed by atoms with Crippen molar-refractivity contribution >= 4 is 11.3 Å². The van der Waals surface area contributed by atoms with Gasteiger partial charge in [0, 0.05) is 4.88 Å². The number of aryl methyl sites for hydroxylation is 1. The molecule has 0 radical (unpaired) electrons. The van der Waals surface area contributed by atoms with Gasteiger partial charge in [-0.05, 0) is 36.3 Å². The van der Waals surface area contributed by atoms with Crippen molar-refractivity contribution in [3.05, 3.63) is 21.9 Å². The van der Waals surface area contributed by atoms with Crippen LogP contribution in [0, 0.1) is 12.8 Å². The van der Waals surface area contributed by atoms with Crippen LogP contribution in [0.5, 0.6) is 0 Å². The molecule has 0 aliphatic carbocycles. The second kappa shape index (κ2) is 7.05. The van der Waals surface area contributed by atoms with Crippen LogP contribution >= 0.6 is 11.3 Å². The molecule has 0 bridgehead atoms. The minimum atomic E-state index is 0.330. The van der Waals surface area contributed by atoms with E-state index in [9.17, 15) is 0 Å². The molecule has 3 N–H and O–H groups in total. The lowest BCUT2D eigenvalue weighted by atomic mass is 9.90. The number of hydrogen-bond donors (Lipinski definition) is 2. The summed E-state index contributed by atoms with van der Waals surface area (Å²) in [7, 11) is 0. The van der Waals surface area contributed by atoms with E-state index in [2.05, 4.69) is 37.6 Å². The average Bonchev–Trinajstić information content (AvgIpc) is 2.71. The third kappa shape index (κ3) is 3.30. The first-order chi connectivity index (χ1) is 7.74. The summed E-state index contributed by atoms with van der Waals surface area (Å²) in [5.41, 5.74) is 4.38. The maximum atomic E-state index is 5.74. The van der Waals surface area contributed by atoms with Crippen LogP contribution in [-0.2, 0) is 0 Å². The first-order valence-electron chi connectivity index (χ1n) is 6.24. The van der Waals surface area contributed by atoms with Gasteiger partial charge >= 0.3 is 0 Å². The van der Waals surface area contributed by atoms with Crippen LogP contribution in [-0.4, -0.2) is 0 Å². The molecule has 0 aliphatic rings. The molecular formula is C13H24N2S. The van der Waals surface area contributed by atoms with E-state index in [1.54, 1.807) is 0 Å². The number of rotatable bonds is 7. The minimum Gasteiger partial charge on any atom is -0.271 e. The van der Waals surface area contributed by atoms with Crippen molar-refractivity contribution in [2.75, 3.05) is 0 Å². The van der Waals surface area contributed by atoms with Gasteiger partial charge in [0.25, 0.3) is 0 Å². The van der Waals surface area contributed by atoms with Gasteiger partial charge in [-0.3, -0.25) is 11.3 Å². The Labute approximate surface area is 103 Å². The molecule has 0 spiro atoms. The molecule has 0 saturated carbocycles. The Kier molecular flexibility index (Phi) is 6.03. The maximum absolute atomic E-state index is 5.74. The van der Waals surface area contributed by atoms with Gasteiger partial charge in [-0.25, -0.2) is 0 Å². The van der Waals surface area contributed by atoms with Crippen molar-refractivity contribution in [3.8, 4) is 0 Å². The van der Waals surface area contributed by atoms with Gasteiger partial charge in [0.05, 0.1) is 6.04 Å². The van der Waals surface area contributed by atoms with Gasteiger partial charge in [-0.2, -0.15) is 0 Å². The highest BCUT2D eigenvalue weighted by Gasteiger charge is 2.22. The van der Waals surface area contributed by atoms with E-state index >= 15 is 0 Å². The fourth-order valence-corrected chi connectivity index (χ4v) is 3.28. The summed E-state index contributed by atoms with van der Waals surface area (Å²) in [6.07, 6.45) is 5.00. The van der Waals surface area contributed by atoms with Crippen LogP contribution in [0.3, 0.4) is 0 Å². The Morgan fingerprint density at radius 1 is 1.44 bits per heavy atom. The molecule has 0 aromatic carbocycles. The first-order valence-corrected chi connectivity index (χ1v) is 7.12. The van der Waals surface area contributed by atoms with Crippen molar-refractivity contribution in [3.63, 3.8) is 0 Å². The predicted molar refractivity (Wildman–Crippen MR) is 72.4 cm³/mol. The Balaban J connectivity index is 2.75. The van der Waals surface area contributed by atoms with E-state index in [1.807, 2.05) is 11.3 Å². The molecule has 2 unspecified atom stereocenters. The molecule has 0 aliphatic heterocycles. The molecule has 2 nitrogen and oxygen atoms in total. The summed E-state index contributed by atoms with van der Waals surface area (Å²) in [4.78, 5) is 1.41. The van der Waals surface area contributed by atoms with E-state index in [1.165, 1.54) is 36.1 Å². The lowest BCUT2D eigenvalue weighted by Gasteiger charge is -2.25. The molecule has 1 aromatic rings. The van der Waals surface area contributed by atoms with Crippen LogP contribution in [0.15, 0.2) is 11.4 Å². The van der Waals surface area contributed by atoms with Gasteiger partial charge in [-0.15, -0.1) is 11.3 Å². The Hall–Kier alpha value is -0.380. The smallest absolute Gasteiger partial charge is 0.0583 e. The third-order valence-electron chi connectivity index (χ3n) is 3.29. The molecule has 3 heteroatoms. The van der Waals surface area contributed by atoms with Gasteiger partial charge in [0.2, 0.25) is 0 Å². The highest BCUT2D eigenvalue weighted by Crippen LogP contribution is 2.33. The largest absolute Gasteiger partial charge is 0.271 e. The minimum absolute atomic E-state index is 0.330. The summed E-state index contributed by atoms with van der Waals surface area (Å²) >= 11 is 1.82. The highest BCUT2D eigenvalue weighted by molar-refractivity contribution is 7.10. The average molecular weight is 240 g/mol. The van der Waals surface area contributed by atoms with Crippen molar-refractivity contribution in [1.82, 2.24) is 5.43 Å². The van der Waals surface area contributed by atoms with Crippen LogP contribution in [0.25, 0.3) is 0 Å². The van der Waals surface area contributed by atoms with E-state index < -0.39 is 0 Å². The number of hydrazine groups is 1. The van der Waals surface area contributed by atoms with Crippen LogP contribution in [0.1, 0.15) is 56.0 Å². The van der Waals surface area contributed by atoms with E-state index in [0.717, 1.165) is 0 Å². The van der Waals surface area contributed by atoms with Crippen LogP contribution in [0.2, 0.25) is 0 Å². The molecule has 2 atom stereocenters. The fourth-order valence-electron chi connectivity index (χ4n) is 2.20. The lowest BCUT2D eigenvalue weighted by Crippen LogP contribution is -2.33. The lowest BCUT2D eigenvalue weighted by molar-refractivity contribution is 0.330. The molecule has 92 valence electrons. The van der Waals surface area contributed by atoms with E-state index in [-0.39, 0.29) is 0 Å². The van der Waals surface area contributed by atoms with Crippen molar-refractivity contribution < 1.29 is 0 Å². The maximum Gasteiger partial charge on any atom is 0.0583 e. The Morgan fingerprint density at radius 2 is 2.19 bits per heavy atom. The number of nitrogens with two attached hydrogens (primary N) is 1. The number of thiophene rings is 1. The fraction of sp³-hybridized carbons (Fsp3) is 0.692. The van der Waals surface area contributed by atoms with Crippen molar-refractivity contribution in [2.45, 2.75) is 52.5 Å². The second-order valence-corrected chi connectivity index (χ2v) is 5.37. The molecule has 0 fully saturated rings. The van der Waals surface area contributed by atoms with E-state index in [0.29, 0.717) is 12.0 Å². The van der Waals surface area contributed by atoms with Gasteiger partial charge < -0.3 is 0 Å². The summed E-state index contributed by atoms with van der Waals surface area (Å²) < 4.78 is 0. The topological polar surface area (TPSA) is 38.0 Å². The quantitative estimate of drug-likeness (QED) is 0.562. The molecule has 16 heavy (non-hydrogen) atoms. The number of unbranched alkanes of at least 4 members (excludes halogenated alkanes) is 1. The van der Waals surface area contributed by atoms with Gasteiger partial charge in [0.1, 0.15) is 0 Å². The van der Waals surface area contributed by atoms with Gasteiger partial charge in [-0.1, -0.05) is 33.1 Å². The summed E-state index contributed by atoms with van der Waals surface area (Å²) in [5.74, 6) is 6.39. The summed E-state index contributed by atoms with van der Waals surface area (Å²) in [5, 5.41) is 2.15. The Bertz CT molecular complexity index is 296. The Morgan fingerprint density at radius 3 is 2.62 bits per heavy atom. The molecule has 0 amide bonds. The monoisotopic (exact) mass is 240 g/mol. The summed E-state index contributed by atoms with van der Waals surface area (Å²) in [6, 6.07) is 2.51. The zero-order chi connectivity index (χ0) is 12.0. The normalized spacial score (nSPS) is 15.0. The van der Waals surface area contributed by atoms with Crippen molar-refractivity contribution in [2.24, 2.45) is 11.8 Å². The van der Waals surface area contributed by atoms with E-state index in [4.69, 9.17) is 5.84 Å². The number of nitrogens with one attached hydrogen (secondary N) is 1. The first kappa shape index (κ1) is 13.7. The SMILES string of the molecule is CCCCC(CC)C(NN)c1sccc1C. The standard InChI is InChI=1S/C13H24N2S/c1-4-6-7-11(5-2)12(15-14)13-10(3)8-9-16-13/h8-9,11-12,15H,4-7,14H2,1-3H3. The molecule has 1 rings (SSSR count). The molecule has 1 aromatic heterocycles. The third-order valence-corrected chi connectivity index (χ3v) is 4.39. The number of hydrogen-bond acceptors (Lipinski definition) is 3. The van der Waals surface area contributed by atoms with Crippen LogP contribution < -0.4 is 11.3 Å². The zero-order valence-electron chi connectivity index (χ0n) is 10.6. The van der Waals surface area contributed by atoms with Crippen molar-refractivity contribution in [1.29, 1.82) is 0 Å². The predicted octanol–water partition coefficient (Wildman–Crippen LogP) is 3.78. The molecule has 0 saturated heterocycles. The molecular weight excluding hydrogens is 216 g/mol. The van der Waals surface area contributed by atoms with Crippen LogP contribution in [0.4, 0.5) is 0 Å². The highest BCUT2D eigenvalue weighted by atomic mass is 32.1. The zero-order valence-corrected chi connectivity index (χ0v) is 11.4. The second-order valence-electron chi connectivity index (χ2n) is 4.42. The van der Waals surface area contributed by atoms with Gasteiger partial charge in [0.15, 0.2) is 0 Å². The molecule has 1 heterocycles.